The molecule has 0 saturated heterocycles. The van der Waals surface area contributed by atoms with Crippen molar-refractivity contribution in [2.24, 2.45) is 0 Å². The number of nitrogens with zero attached hydrogens (tertiary/aromatic N) is 1. The zero-order chi connectivity index (χ0) is 14.5. The van der Waals surface area contributed by atoms with E-state index in [0.717, 1.165) is 35.4 Å². The SMILES string of the molecule is CCCNCc1cc(Br)ccc1Sc1nc(C)c(C)o1. The van der Waals surface area contributed by atoms with Crippen molar-refractivity contribution in [1.82, 2.24) is 10.3 Å². The Bertz CT molecular complexity index is 564. The van der Waals surface area contributed by atoms with Gasteiger partial charge >= 0.3 is 0 Å². The summed E-state index contributed by atoms with van der Waals surface area (Å²) in [4.78, 5) is 5.61. The average Bonchev–Trinajstić information content (AvgIpc) is 2.72. The maximum Gasteiger partial charge on any atom is 0.261 e. The Morgan fingerprint density at radius 2 is 2.15 bits per heavy atom. The summed E-state index contributed by atoms with van der Waals surface area (Å²) < 4.78 is 6.74. The normalized spacial score (nSPS) is 11.0. The molecule has 0 unspecified atom stereocenters. The highest BCUT2D eigenvalue weighted by Crippen LogP contribution is 2.32. The van der Waals surface area contributed by atoms with Crippen LogP contribution in [0.2, 0.25) is 0 Å². The Balaban J connectivity index is 2.17. The van der Waals surface area contributed by atoms with E-state index in [9.17, 15) is 0 Å². The molecule has 5 heteroatoms. The van der Waals surface area contributed by atoms with E-state index in [2.05, 4.69) is 45.3 Å². The number of oxazole rings is 1. The first kappa shape index (κ1) is 15.6. The van der Waals surface area contributed by atoms with Crippen molar-refractivity contribution in [3.63, 3.8) is 0 Å². The number of aromatic nitrogens is 1. The molecule has 0 aliphatic rings. The third kappa shape index (κ3) is 4.11. The first-order valence-corrected chi connectivity index (χ1v) is 8.32. The number of hydrogen-bond acceptors (Lipinski definition) is 4. The molecular formula is C15H19BrN2OS. The van der Waals surface area contributed by atoms with Gasteiger partial charge in [-0.05, 0) is 62.3 Å². The molecule has 2 rings (SSSR count). The quantitative estimate of drug-likeness (QED) is 0.762. The number of halogens is 1. The Hall–Kier alpha value is -0.780. The smallest absolute Gasteiger partial charge is 0.261 e. The predicted molar refractivity (Wildman–Crippen MR) is 86.2 cm³/mol. The highest BCUT2D eigenvalue weighted by molar-refractivity contribution is 9.10. The lowest BCUT2D eigenvalue weighted by molar-refractivity contribution is 0.431. The second kappa shape index (κ2) is 7.29. The highest BCUT2D eigenvalue weighted by atomic mass is 79.9. The van der Waals surface area contributed by atoms with Gasteiger partial charge in [0.25, 0.3) is 5.22 Å². The summed E-state index contributed by atoms with van der Waals surface area (Å²) in [5.41, 5.74) is 2.21. The minimum absolute atomic E-state index is 0.707. The molecule has 0 atom stereocenters. The van der Waals surface area contributed by atoms with Crippen LogP contribution in [-0.4, -0.2) is 11.5 Å². The Labute approximate surface area is 132 Å². The van der Waals surface area contributed by atoms with Gasteiger partial charge in [-0.25, -0.2) is 4.98 Å². The van der Waals surface area contributed by atoms with Gasteiger partial charge in [0.15, 0.2) is 0 Å². The second-order valence-electron chi connectivity index (χ2n) is 4.65. The summed E-state index contributed by atoms with van der Waals surface area (Å²) in [5, 5.41) is 4.14. The first-order chi connectivity index (χ1) is 9.60. The van der Waals surface area contributed by atoms with Gasteiger partial charge in [-0.2, -0.15) is 0 Å². The predicted octanol–water partition coefficient (Wildman–Crippen LogP) is 4.70. The zero-order valence-corrected chi connectivity index (χ0v) is 14.4. The number of benzene rings is 1. The molecule has 1 N–H and O–H groups in total. The molecule has 0 saturated carbocycles. The summed E-state index contributed by atoms with van der Waals surface area (Å²) in [6, 6.07) is 6.30. The van der Waals surface area contributed by atoms with Crippen LogP contribution in [-0.2, 0) is 6.54 Å². The fraction of sp³-hybridized carbons (Fsp3) is 0.400. The molecule has 108 valence electrons. The summed E-state index contributed by atoms with van der Waals surface area (Å²) in [6.07, 6.45) is 1.13. The van der Waals surface area contributed by atoms with Crippen molar-refractivity contribution in [1.29, 1.82) is 0 Å². The van der Waals surface area contributed by atoms with Gasteiger partial charge in [0.05, 0.1) is 5.69 Å². The van der Waals surface area contributed by atoms with E-state index in [4.69, 9.17) is 4.42 Å². The maximum absolute atomic E-state index is 5.65. The van der Waals surface area contributed by atoms with E-state index in [-0.39, 0.29) is 0 Å². The number of rotatable bonds is 6. The number of aryl methyl sites for hydroxylation is 2. The van der Waals surface area contributed by atoms with Gasteiger partial charge < -0.3 is 9.73 Å². The molecule has 0 fully saturated rings. The maximum atomic E-state index is 5.65. The van der Waals surface area contributed by atoms with Crippen LogP contribution in [0.15, 0.2) is 37.2 Å². The Morgan fingerprint density at radius 1 is 1.35 bits per heavy atom. The molecule has 0 aliphatic heterocycles. The van der Waals surface area contributed by atoms with Crippen LogP contribution in [0.3, 0.4) is 0 Å². The molecule has 0 aliphatic carbocycles. The third-order valence-electron chi connectivity index (χ3n) is 2.97. The van der Waals surface area contributed by atoms with Gasteiger partial charge in [0.2, 0.25) is 0 Å². The van der Waals surface area contributed by atoms with Crippen molar-refractivity contribution >= 4 is 27.7 Å². The van der Waals surface area contributed by atoms with Crippen LogP contribution in [0, 0.1) is 13.8 Å². The molecule has 2 aromatic rings. The van der Waals surface area contributed by atoms with Gasteiger partial charge in [-0.3, -0.25) is 0 Å². The van der Waals surface area contributed by atoms with Crippen molar-refractivity contribution in [3.05, 3.63) is 39.7 Å². The van der Waals surface area contributed by atoms with E-state index < -0.39 is 0 Å². The Morgan fingerprint density at radius 3 is 2.80 bits per heavy atom. The monoisotopic (exact) mass is 354 g/mol. The summed E-state index contributed by atoms with van der Waals surface area (Å²) in [6.45, 7) is 7.95. The molecule has 20 heavy (non-hydrogen) atoms. The van der Waals surface area contributed by atoms with Crippen LogP contribution >= 0.6 is 27.7 Å². The average molecular weight is 355 g/mol. The van der Waals surface area contributed by atoms with Gasteiger partial charge in [-0.1, -0.05) is 22.9 Å². The molecule has 1 heterocycles. The molecule has 0 spiro atoms. The minimum Gasteiger partial charge on any atom is -0.436 e. The molecule has 1 aromatic heterocycles. The minimum atomic E-state index is 0.707. The lowest BCUT2D eigenvalue weighted by atomic mass is 10.2. The van der Waals surface area contributed by atoms with E-state index in [1.807, 2.05) is 19.9 Å². The van der Waals surface area contributed by atoms with E-state index in [1.54, 1.807) is 11.8 Å². The molecule has 0 amide bonds. The second-order valence-corrected chi connectivity index (χ2v) is 6.56. The van der Waals surface area contributed by atoms with Crippen LogP contribution in [0.5, 0.6) is 0 Å². The fourth-order valence-corrected chi connectivity index (χ4v) is 3.11. The highest BCUT2D eigenvalue weighted by Gasteiger charge is 2.11. The third-order valence-corrected chi connectivity index (χ3v) is 4.43. The largest absolute Gasteiger partial charge is 0.436 e. The van der Waals surface area contributed by atoms with E-state index in [1.165, 1.54) is 10.5 Å². The molecule has 0 radical (unpaired) electrons. The number of hydrogen-bond donors (Lipinski definition) is 1. The van der Waals surface area contributed by atoms with Gasteiger partial charge in [0.1, 0.15) is 5.76 Å². The van der Waals surface area contributed by atoms with Crippen LogP contribution < -0.4 is 5.32 Å². The molecular weight excluding hydrogens is 336 g/mol. The molecule has 1 aromatic carbocycles. The lowest BCUT2D eigenvalue weighted by Crippen LogP contribution is -2.14. The number of nitrogens with one attached hydrogen (secondary N) is 1. The lowest BCUT2D eigenvalue weighted by Gasteiger charge is -2.09. The van der Waals surface area contributed by atoms with Crippen LogP contribution in [0.4, 0.5) is 0 Å². The van der Waals surface area contributed by atoms with Crippen molar-refractivity contribution in [3.8, 4) is 0 Å². The molecule has 3 nitrogen and oxygen atoms in total. The van der Waals surface area contributed by atoms with Gasteiger partial charge in [-0.15, -0.1) is 0 Å². The van der Waals surface area contributed by atoms with Crippen LogP contribution in [0.1, 0.15) is 30.4 Å². The van der Waals surface area contributed by atoms with E-state index in [0.29, 0.717) is 5.22 Å². The summed E-state index contributed by atoms with van der Waals surface area (Å²) in [5.74, 6) is 0.885. The summed E-state index contributed by atoms with van der Waals surface area (Å²) in [7, 11) is 0. The van der Waals surface area contributed by atoms with Gasteiger partial charge in [0, 0.05) is 15.9 Å². The molecule has 0 bridgehead atoms. The first-order valence-electron chi connectivity index (χ1n) is 6.71. The Kier molecular flexibility index (Phi) is 5.69. The topological polar surface area (TPSA) is 38.1 Å². The fourth-order valence-electron chi connectivity index (χ4n) is 1.77. The van der Waals surface area contributed by atoms with E-state index >= 15 is 0 Å². The summed E-state index contributed by atoms with van der Waals surface area (Å²) >= 11 is 5.11. The van der Waals surface area contributed by atoms with Crippen molar-refractivity contribution in [2.75, 3.05) is 6.54 Å². The van der Waals surface area contributed by atoms with Crippen molar-refractivity contribution < 1.29 is 4.42 Å². The zero-order valence-electron chi connectivity index (χ0n) is 12.0. The van der Waals surface area contributed by atoms with Crippen LogP contribution in [0.25, 0.3) is 0 Å². The standard InChI is InChI=1S/C15H19BrN2OS/c1-4-7-17-9-12-8-13(16)5-6-14(12)20-15-18-10(2)11(3)19-15/h5-6,8,17H,4,7,9H2,1-3H3. The van der Waals surface area contributed by atoms with Crippen molar-refractivity contribution in [2.45, 2.75) is 43.9 Å².